The van der Waals surface area contributed by atoms with E-state index >= 15 is 0 Å². The molecule has 3 heteroatoms. The molecule has 8 aromatic carbocycles. The van der Waals surface area contributed by atoms with Gasteiger partial charge in [-0.3, -0.25) is 0 Å². The summed E-state index contributed by atoms with van der Waals surface area (Å²) in [5, 5.41) is 11.4. The summed E-state index contributed by atoms with van der Waals surface area (Å²) in [4.78, 5) is 5.06. The molecule has 0 aliphatic carbocycles. The molecule has 0 saturated carbocycles. The van der Waals surface area contributed by atoms with Crippen LogP contribution >= 0.6 is 11.3 Å². The molecule has 0 radical (unpaired) electrons. The number of hydrogen-bond donors (Lipinski definition) is 0. The van der Waals surface area contributed by atoms with Crippen molar-refractivity contribution in [1.82, 2.24) is 9.55 Å². The predicted octanol–water partition coefficient (Wildman–Crippen LogP) is 12.2. The minimum Gasteiger partial charge on any atom is -0.309 e. The Hall–Kier alpha value is -5.77. The summed E-state index contributed by atoms with van der Waals surface area (Å²) in [6, 6.07) is 57.3. The van der Waals surface area contributed by atoms with Crippen LogP contribution in [-0.4, -0.2) is 9.55 Å². The summed E-state index contributed by atoms with van der Waals surface area (Å²) in [6.45, 7) is 0. The third-order valence-electron chi connectivity index (χ3n) is 9.41. The number of fused-ring (bicyclic) bond motifs is 10. The largest absolute Gasteiger partial charge is 0.309 e. The quantitative estimate of drug-likeness (QED) is 0.184. The first-order valence-corrected chi connectivity index (χ1v) is 16.4. The summed E-state index contributed by atoms with van der Waals surface area (Å²) in [7, 11) is 0. The van der Waals surface area contributed by atoms with Crippen LogP contribution < -0.4 is 0 Å². The van der Waals surface area contributed by atoms with Crippen molar-refractivity contribution in [3.05, 3.63) is 158 Å². The van der Waals surface area contributed by atoms with Crippen molar-refractivity contribution in [3.63, 3.8) is 0 Å². The average molecular weight is 603 g/mol. The second kappa shape index (κ2) is 9.87. The van der Waals surface area contributed by atoms with Gasteiger partial charge in [-0.25, -0.2) is 4.98 Å². The van der Waals surface area contributed by atoms with Crippen molar-refractivity contribution >= 4 is 75.7 Å². The highest BCUT2D eigenvalue weighted by atomic mass is 32.1. The van der Waals surface area contributed by atoms with Gasteiger partial charge in [-0.2, -0.15) is 0 Å². The molecule has 0 saturated heterocycles. The molecule has 214 valence electrons. The third-order valence-corrected chi connectivity index (χ3v) is 10.5. The lowest BCUT2D eigenvalue weighted by Gasteiger charge is -2.13. The molecule has 0 N–H and O–H groups in total. The molecule has 10 rings (SSSR count). The maximum absolute atomic E-state index is 5.06. The Balaban J connectivity index is 1.12. The second-order valence-corrected chi connectivity index (χ2v) is 13.0. The van der Waals surface area contributed by atoms with Crippen LogP contribution in [0.4, 0.5) is 0 Å². The summed E-state index contributed by atoms with van der Waals surface area (Å²) < 4.78 is 3.59. The van der Waals surface area contributed by atoms with Crippen LogP contribution in [-0.2, 0) is 0 Å². The SMILES string of the molecule is c1ccc(-c2nc3cc4c(cc3s2)c2ccccc2n4-c2ccc(-c3ccc4c5ccccc5c5ccccc5c4c3)cc2)cc1. The van der Waals surface area contributed by atoms with Crippen molar-refractivity contribution in [2.75, 3.05) is 0 Å². The maximum Gasteiger partial charge on any atom is 0.124 e. The van der Waals surface area contributed by atoms with Crippen LogP contribution in [0.2, 0.25) is 0 Å². The van der Waals surface area contributed by atoms with E-state index in [1.807, 2.05) is 0 Å². The van der Waals surface area contributed by atoms with Gasteiger partial charge in [-0.05, 0) is 79.8 Å². The molecule has 10 aromatic rings. The molecule has 0 fully saturated rings. The van der Waals surface area contributed by atoms with Gasteiger partial charge in [0.15, 0.2) is 0 Å². The van der Waals surface area contributed by atoms with Gasteiger partial charge in [0.1, 0.15) is 5.01 Å². The third kappa shape index (κ3) is 3.79. The Morgan fingerprint density at radius 2 is 0.978 bits per heavy atom. The van der Waals surface area contributed by atoms with E-state index in [2.05, 4.69) is 162 Å². The fraction of sp³-hybridized carbons (Fsp3) is 0. The zero-order valence-electron chi connectivity index (χ0n) is 24.8. The molecular formula is C43H26N2S. The van der Waals surface area contributed by atoms with Crippen LogP contribution in [0, 0.1) is 0 Å². The van der Waals surface area contributed by atoms with Gasteiger partial charge < -0.3 is 4.57 Å². The maximum atomic E-state index is 5.06. The molecule has 0 amide bonds. The monoisotopic (exact) mass is 602 g/mol. The van der Waals surface area contributed by atoms with Crippen LogP contribution in [0.15, 0.2) is 158 Å². The molecule has 46 heavy (non-hydrogen) atoms. The lowest BCUT2D eigenvalue weighted by molar-refractivity contribution is 1.18. The number of nitrogens with zero attached hydrogens (tertiary/aromatic N) is 2. The van der Waals surface area contributed by atoms with Gasteiger partial charge >= 0.3 is 0 Å². The average Bonchev–Trinajstić information content (AvgIpc) is 3.69. The van der Waals surface area contributed by atoms with E-state index in [9.17, 15) is 0 Å². The highest BCUT2D eigenvalue weighted by Gasteiger charge is 2.16. The molecule has 0 atom stereocenters. The normalized spacial score (nSPS) is 11.9. The molecule has 2 nitrogen and oxygen atoms in total. The van der Waals surface area contributed by atoms with Gasteiger partial charge in [0, 0.05) is 22.0 Å². The van der Waals surface area contributed by atoms with E-state index in [4.69, 9.17) is 4.98 Å². The number of aromatic nitrogens is 2. The molecule has 0 spiro atoms. The van der Waals surface area contributed by atoms with E-state index in [0.29, 0.717) is 0 Å². The molecule has 0 aliphatic heterocycles. The minimum atomic E-state index is 1.04. The Morgan fingerprint density at radius 3 is 1.70 bits per heavy atom. The van der Waals surface area contributed by atoms with E-state index in [1.165, 1.54) is 70.0 Å². The summed E-state index contributed by atoms with van der Waals surface area (Å²) in [5.74, 6) is 0. The van der Waals surface area contributed by atoms with Gasteiger partial charge in [0.2, 0.25) is 0 Å². The predicted molar refractivity (Wildman–Crippen MR) is 197 cm³/mol. The van der Waals surface area contributed by atoms with E-state index in [0.717, 1.165) is 21.8 Å². The number of benzene rings is 8. The van der Waals surface area contributed by atoms with Crippen LogP contribution in [0.1, 0.15) is 0 Å². The van der Waals surface area contributed by atoms with Gasteiger partial charge in [-0.1, -0.05) is 121 Å². The highest BCUT2D eigenvalue weighted by Crippen LogP contribution is 2.40. The fourth-order valence-corrected chi connectivity index (χ4v) is 8.25. The second-order valence-electron chi connectivity index (χ2n) is 12.0. The number of hydrogen-bond acceptors (Lipinski definition) is 2. The zero-order chi connectivity index (χ0) is 30.2. The molecule has 2 aromatic heterocycles. The fourth-order valence-electron chi connectivity index (χ4n) is 7.26. The molecule has 0 unspecified atom stereocenters. The van der Waals surface area contributed by atoms with E-state index in [-0.39, 0.29) is 0 Å². The zero-order valence-corrected chi connectivity index (χ0v) is 25.6. The molecular weight excluding hydrogens is 577 g/mol. The van der Waals surface area contributed by atoms with E-state index in [1.54, 1.807) is 11.3 Å². The molecule has 0 bridgehead atoms. The summed E-state index contributed by atoms with van der Waals surface area (Å²) in [5.41, 5.74) is 8.15. The Bertz CT molecular complexity index is 2750. The van der Waals surface area contributed by atoms with E-state index < -0.39 is 0 Å². The minimum absolute atomic E-state index is 1.04. The molecule has 0 aliphatic rings. The first-order valence-electron chi connectivity index (χ1n) is 15.6. The van der Waals surface area contributed by atoms with Gasteiger partial charge in [-0.15, -0.1) is 11.3 Å². The molecule has 2 heterocycles. The number of rotatable bonds is 3. The Labute approximate surface area is 269 Å². The standard InChI is InChI=1S/C43H26N2S/c1-2-10-28(11-3-1)43-44-39-26-41-38(25-42(39)46-43)36-16-8-9-17-40(36)45(41)30-21-18-27(19-22-30)29-20-23-35-33-14-5-4-12-31(33)32-13-6-7-15-34(32)37(35)24-29/h1-26H. The van der Waals surface area contributed by atoms with Crippen molar-refractivity contribution in [3.8, 4) is 27.4 Å². The highest BCUT2D eigenvalue weighted by molar-refractivity contribution is 7.21. The van der Waals surface area contributed by atoms with Crippen LogP contribution in [0.5, 0.6) is 0 Å². The number of thiazole rings is 1. The summed E-state index contributed by atoms with van der Waals surface area (Å²) in [6.07, 6.45) is 0. The number of para-hydroxylation sites is 1. The lowest BCUT2D eigenvalue weighted by atomic mass is 9.92. The lowest BCUT2D eigenvalue weighted by Crippen LogP contribution is -1.93. The smallest absolute Gasteiger partial charge is 0.124 e. The van der Waals surface area contributed by atoms with Crippen molar-refractivity contribution < 1.29 is 0 Å². The topological polar surface area (TPSA) is 17.8 Å². The summed E-state index contributed by atoms with van der Waals surface area (Å²) >= 11 is 1.76. The van der Waals surface area contributed by atoms with Crippen molar-refractivity contribution in [2.24, 2.45) is 0 Å². The van der Waals surface area contributed by atoms with Gasteiger partial charge in [0.05, 0.1) is 21.3 Å². The van der Waals surface area contributed by atoms with Crippen molar-refractivity contribution in [2.45, 2.75) is 0 Å². The van der Waals surface area contributed by atoms with Crippen molar-refractivity contribution in [1.29, 1.82) is 0 Å². The van der Waals surface area contributed by atoms with Crippen LogP contribution in [0.3, 0.4) is 0 Å². The first-order chi connectivity index (χ1) is 22.8. The van der Waals surface area contributed by atoms with Gasteiger partial charge in [0.25, 0.3) is 0 Å². The van der Waals surface area contributed by atoms with Crippen LogP contribution in [0.25, 0.3) is 91.7 Å². The Morgan fingerprint density at radius 1 is 0.391 bits per heavy atom. The Kier molecular flexibility index (Phi) is 5.48. The first kappa shape index (κ1) is 25.5.